The minimum atomic E-state index is -0.269. The van der Waals surface area contributed by atoms with E-state index in [1.807, 2.05) is 35.2 Å². The summed E-state index contributed by atoms with van der Waals surface area (Å²) in [5.41, 5.74) is 7.10. The van der Waals surface area contributed by atoms with Crippen LogP contribution in [0.2, 0.25) is 0 Å². The number of nitrogens with two attached hydrogens (primary N) is 1. The van der Waals surface area contributed by atoms with E-state index >= 15 is 0 Å². The molecule has 1 fully saturated rings. The van der Waals surface area contributed by atoms with E-state index in [1.54, 1.807) is 0 Å². The molecule has 1 aromatic carbocycles. The molecule has 1 aliphatic heterocycles. The molecule has 2 heterocycles. The van der Waals surface area contributed by atoms with E-state index in [4.69, 9.17) is 10.2 Å². The molecule has 1 saturated heterocycles. The lowest BCUT2D eigenvalue weighted by atomic mass is 10.0. The van der Waals surface area contributed by atoms with E-state index in [-0.39, 0.29) is 11.9 Å². The van der Waals surface area contributed by atoms with Crippen LogP contribution >= 0.6 is 0 Å². The Hall–Kier alpha value is -1.81. The highest BCUT2D eigenvalue weighted by Gasteiger charge is 2.23. The highest BCUT2D eigenvalue weighted by molar-refractivity contribution is 5.78. The van der Waals surface area contributed by atoms with E-state index in [2.05, 4.69) is 6.92 Å². The van der Waals surface area contributed by atoms with Crippen LogP contribution in [0.4, 0.5) is 0 Å². The van der Waals surface area contributed by atoms with Crippen molar-refractivity contribution in [2.75, 3.05) is 13.1 Å². The second-order valence-corrected chi connectivity index (χ2v) is 6.07. The fraction of sp³-hybridized carbons (Fsp3) is 0.471. The molecule has 21 heavy (non-hydrogen) atoms. The maximum Gasteiger partial charge on any atom is 0.222 e. The molecule has 2 unspecified atom stereocenters. The van der Waals surface area contributed by atoms with Crippen LogP contribution in [0.15, 0.2) is 34.7 Å². The van der Waals surface area contributed by atoms with Gasteiger partial charge in [-0.3, -0.25) is 4.79 Å². The SMILES string of the molecule is CC1CCC(=O)N(CC(N)c2cc3ccccc3o2)CC1. The third-order valence-corrected chi connectivity index (χ3v) is 4.32. The average Bonchev–Trinajstić information content (AvgIpc) is 2.86. The molecule has 3 rings (SSSR count). The standard InChI is InChI=1S/C17H22N2O2/c1-12-6-7-17(20)19(9-8-12)11-14(18)16-10-13-4-2-3-5-15(13)21-16/h2-5,10,12,14H,6-9,11,18H2,1H3. The zero-order valence-corrected chi connectivity index (χ0v) is 12.4. The van der Waals surface area contributed by atoms with E-state index in [9.17, 15) is 4.79 Å². The quantitative estimate of drug-likeness (QED) is 0.943. The lowest BCUT2D eigenvalue weighted by Crippen LogP contribution is -2.36. The molecule has 0 saturated carbocycles. The Balaban J connectivity index is 1.72. The Kier molecular flexibility index (Phi) is 3.97. The van der Waals surface area contributed by atoms with Gasteiger partial charge in [-0.25, -0.2) is 0 Å². The number of benzene rings is 1. The molecule has 0 spiro atoms. The molecule has 0 radical (unpaired) electrons. The fourth-order valence-corrected chi connectivity index (χ4v) is 2.88. The molecule has 2 atom stereocenters. The molecule has 1 aliphatic rings. The normalized spacial score (nSPS) is 21.5. The predicted molar refractivity (Wildman–Crippen MR) is 82.7 cm³/mol. The first-order valence-corrected chi connectivity index (χ1v) is 7.65. The van der Waals surface area contributed by atoms with Gasteiger partial charge < -0.3 is 15.1 Å². The highest BCUT2D eigenvalue weighted by atomic mass is 16.3. The molecular formula is C17H22N2O2. The highest BCUT2D eigenvalue weighted by Crippen LogP contribution is 2.24. The molecule has 1 aromatic heterocycles. The summed E-state index contributed by atoms with van der Waals surface area (Å²) in [5, 5.41) is 1.05. The number of amides is 1. The second-order valence-electron chi connectivity index (χ2n) is 6.07. The van der Waals surface area contributed by atoms with Gasteiger partial charge in [-0.05, 0) is 30.9 Å². The van der Waals surface area contributed by atoms with Crippen molar-refractivity contribution in [3.05, 3.63) is 36.1 Å². The van der Waals surface area contributed by atoms with Gasteiger partial charge in [0.1, 0.15) is 11.3 Å². The Morgan fingerprint density at radius 3 is 3.00 bits per heavy atom. The Labute approximate surface area is 124 Å². The molecular weight excluding hydrogens is 264 g/mol. The molecule has 1 amide bonds. The van der Waals surface area contributed by atoms with Crippen LogP contribution in [0, 0.1) is 5.92 Å². The molecule has 112 valence electrons. The number of hydrogen-bond acceptors (Lipinski definition) is 3. The van der Waals surface area contributed by atoms with Crippen LogP contribution in [0.25, 0.3) is 11.0 Å². The summed E-state index contributed by atoms with van der Waals surface area (Å²) >= 11 is 0. The van der Waals surface area contributed by atoms with Crippen molar-refractivity contribution in [1.82, 2.24) is 4.90 Å². The van der Waals surface area contributed by atoms with Gasteiger partial charge in [0.15, 0.2) is 0 Å². The van der Waals surface area contributed by atoms with Crippen molar-refractivity contribution in [1.29, 1.82) is 0 Å². The van der Waals surface area contributed by atoms with Crippen molar-refractivity contribution < 1.29 is 9.21 Å². The monoisotopic (exact) mass is 286 g/mol. The first kappa shape index (κ1) is 14.1. The second kappa shape index (κ2) is 5.90. The Morgan fingerprint density at radius 1 is 1.38 bits per heavy atom. The molecule has 2 aromatic rings. The van der Waals surface area contributed by atoms with E-state index in [0.29, 0.717) is 18.9 Å². The van der Waals surface area contributed by atoms with Crippen LogP contribution in [-0.4, -0.2) is 23.9 Å². The van der Waals surface area contributed by atoms with Crippen molar-refractivity contribution in [3.63, 3.8) is 0 Å². The van der Waals surface area contributed by atoms with Gasteiger partial charge in [0, 0.05) is 24.9 Å². The number of fused-ring (bicyclic) bond motifs is 1. The Bertz CT molecular complexity index is 602. The minimum Gasteiger partial charge on any atom is -0.459 e. The van der Waals surface area contributed by atoms with Crippen LogP contribution in [0.3, 0.4) is 0 Å². The van der Waals surface area contributed by atoms with E-state index in [1.165, 1.54) is 0 Å². The van der Waals surface area contributed by atoms with Gasteiger partial charge in [-0.2, -0.15) is 0 Å². The Morgan fingerprint density at radius 2 is 2.19 bits per heavy atom. The van der Waals surface area contributed by atoms with Gasteiger partial charge in [0.05, 0.1) is 6.04 Å². The van der Waals surface area contributed by atoms with Crippen molar-refractivity contribution in [3.8, 4) is 0 Å². The van der Waals surface area contributed by atoms with Crippen LogP contribution < -0.4 is 5.73 Å². The number of rotatable bonds is 3. The lowest BCUT2D eigenvalue weighted by Gasteiger charge is -2.23. The van der Waals surface area contributed by atoms with Gasteiger partial charge >= 0.3 is 0 Å². The van der Waals surface area contributed by atoms with Gasteiger partial charge in [0.25, 0.3) is 0 Å². The molecule has 4 heteroatoms. The van der Waals surface area contributed by atoms with Gasteiger partial charge in [-0.1, -0.05) is 25.1 Å². The minimum absolute atomic E-state index is 0.214. The van der Waals surface area contributed by atoms with Crippen molar-refractivity contribution in [2.45, 2.75) is 32.2 Å². The third kappa shape index (κ3) is 3.10. The number of carbonyl (C=O) groups is 1. The summed E-state index contributed by atoms with van der Waals surface area (Å²) < 4.78 is 5.80. The molecule has 0 aliphatic carbocycles. The average molecular weight is 286 g/mol. The first-order valence-electron chi connectivity index (χ1n) is 7.65. The largest absolute Gasteiger partial charge is 0.459 e. The summed E-state index contributed by atoms with van der Waals surface area (Å²) in [6, 6.07) is 9.58. The first-order chi connectivity index (χ1) is 10.1. The molecule has 2 N–H and O–H groups in total. The number of carbonyl (C=O) groups excluding carboxylic acids is 1. The summed E-state index contributed by atoms with van der Waals surface area (Å²) in [6.45, 7) is 3.54. The van der Waals surface area contributed by atoms with Crippen LogP contribution in [-0.2, 0) is 4.79 Å². The maximum atomic E-state index is 12.1. The lowest BCUT2D eigenvalue weighted by molar-refractivity contribution is -0.131. The number of likely N-dealkylation sites (tertiary alicyclic amines) is 1. The summed E-state index contributed by atoms with van der Waals surface area (Å²) in [5.74, 6) is 1.58. The van der Waals surface area contributed by atoms with E-state index in [0.717, 1.165) is 36.1 Å². The zero-order chi connectivity index (χ0) is 14.8. The van der Waals surface area contributed by atoms with Crippen LogP contribution in [0.1, 0.15) is 38.0 Å². The fourth-order valence-electron chi connectivity index (χ4n) is 2.88. The number of nitrogens with zero attached hydrogens (tertiary/aromatic N) is 1. The van der Waals surface area contributed by atoms with Crippen molar-refractivity contribution >= 4 is 16.9 Å². The topological polar surface area (TPSA) is 59.5 Å². The van der Waals surface area contributed by atoms with Gasteiger partial charge in [0.2, 0.25) is 5.91 Å². The van der Waals surface area contributed by atoms with Gasteiger partial charge in [-0.15, -0.1) is 0 Å². The van der Waals surface area contributed by atoms with Crippen molar-refractivity contribution in [2.24, 2.45) is 11.7 Å². The third-order valence-electron chi connectivity index (χ3n) is 4.32. The number of hydrogen-bond donors (Lipinski definition) is 1. The summed E-state index contributed by atoms with van der Waals surface area (Å²) in [4.78, 5) is 14.0. The maximum absolute atomic E-state index is 12.1. The molecule has 0 bridgehead atoms. The molecule has 4 nitrogen and oxygen atoms in total. The summed E-state index contributed by atoms with van der Waals surface area (Å²) in [7, 11) is 0. The van der Waals surface area contributed by atoms with Crippen LogP contribution in [0.5, 0.6) is 0 Å². The number of furan rings is 1. The van der Waals surface area contributed by atoms with E-state index < -0.39 is 0 Å². The number of para-hydroxylation sites is 1. The zero-order valence-electron chi connectivity index (χ0n) is 12.4. The smallest absolute Gasteiger partial charge is 0.222 e. The predicted octanol–water partition coefficient (Wildman–Crippen LogP) is 3.08. The summed E-state index contributed by atoms with van der Waals surface area (Å²) in [6.07, 6.45) is 2.67.